The summed E-state index contributed by atoms with van der Waals surface area (Å²) in [6.45, 7) is 5.42. The molecule has 0 saturated heterocycles. The monoisotopic (exact) mass is 317 g/mol. The molecule has 0 spiro atoms. The zero-order valence-corrected chi connectivity index (χ0v) is 13.8. The molecule has 124 valence electrons. The number of amides is 1. The van der Waals surface area contributed by atoms with Crippen molar-refractivity contribution in [2.75, 3.05) is 6.54 Å². The highest BCUT2D eigenvalue weighted by Gasteiger charge is 2.29. The molecule has 0 aliphatic heterocycles. The minimum Gasteiger partial charge on any atom is -0.466 e. The number of H-pyrrole nitrogens is 1. The van der Waals surface area contributed by atoms with Gasteiger partial charge in [0.2, 0.25) is 0 Å². The smallest absolute Gasteiger partial charge is 0.272 e. The van der Waals surface area contributed by atoms with Crippen LogP contribution in [-0.2, 0) is 18.4 Å². The van der Waals surface area contributed by atoms with Crippen molar-refractivity contribution in [1.82, 2.24) is 15.5 Å². The molecule has 0 radical (unpaired) electrons. The van der Waals surface area contributed by atoms with Crippen molar-refractivity contribution >= 4 is 5.91 Å². The van der Waals surface area contributed by atoms with Gasteiger partial charge in [-0.15, -0.1) is 0 Å². The summed E-state index contributed by atoms with van der Waals surface area (Å²) in [5, 5.41) is 20.6. The highest BCUT2D eigenvalue weighted by atomic mass is 16.3. The van der Waals surface area contributed by atoms with Crippen LogP contribution in [0, 0.1) is 13.8 Å². The molecule has 1 aliphatic rings. The van der Waals surface area contributed by atoms with E-state index in [1.54, 1.807) is 13.0 Å². The maximum Gasteiger partial charge on any atom is 0.272 e. The Bertz CT molecular complexity index is 728. The van der Waals surface area contributed by atoms with Crippen LogP contribution in [0.25, 0.3) is 0 Å². The van der Waals surface area contributed by atoms with Crippen LogP contribution in [-0.4, -0.2) is 27.8 Å². The Labute approximate surface area is 135 Å². The van der Waals surface area contributed by atoms with Gasteiger partial charge in [-0.1, -0.05) is 0 Å². The van der Waals surface area contributed by atoms with Gasteiger partial charge in [-0.25, -0.2) is 0 Å². The molecule has 1 aliphatic carbocycles. The Morgan fingerprint density at radius 1 is 1.43 bits per heavy atom. The normalized spacial score (nSPS) is 16.7. The first-order valence-corrected chi connectivity index (χ1v) is 8.02. The van der Waals surface area contributed by atoms with Crippen LogP contribution in [0.4, 0.5) is 0 Å². The number of nitrogens with one attached hydrogen (secondary N) is 2. The molecular weight excluding hydrogens is 294 g/mol. The predicted octanol–water partition coefficient (Wildman–Crippen LogP) is 2.14. The second kappa shape index (κ2) is 5.85. The van der Waals surface area contributed by atoms with Crippen molar-refractivity contribution in [3.8, 4) is 0 Å². The third kappa shape index (κ3) is 3.03. The van der Waals surface area contributed by atoms with Crippen molar-refractivity contribution in [2.24, 2.45) is 0 Å². The molecule has 2 heterocycles. The van der Waals surface area contributed by atoms with Gasteiger partial charge in [-0.2, -0.15) is 5.10 Å². The van der Waals surface area contributed by atoms with Crippen LogP contribution in [0.5, 0.6) is 0 Å². The van der Waals surface area contributed by atoms with Gasteiger partial charge in [0.25, 0.3) is 5.91 Å². The fraction of sp³-hybridized carbons (Fsp3) is 0.529. The number of carbonyl (C=O) groups excluding carboxylic acids is 1. The van der Waals surface area contributed by atoms with E-state index >= 15 is 0 Å². The third-order valence-electron chi connectivity index (χ3n) is 4.49. The minimum atomic E-state index is -1.19. The number of hydrogen-bond acceptors (Lipinski definition) is 4. The highest BCUT2D eigenvalue weighted by molar-refractivity contribution is 5.94. The van der Waals surface area contributed by atoms with E-state index in [0.29, 0.717) is 17.0 Å². The lowest BCUT2D eigenvalue weighted by Gasteiger charge is -2.23. The molecule has 6 nitrogen and oxygen atoms in total. The lowest BCUT2D eigenvalue weighted by molar-refractivity contribution is 0.0512. The number of aliphatic hydroxyl groups is 1. The molecule has 2 aromatic rings. The van der Waals surface area contributed by atoms with E-state index in [2.05, 4.69) is 15.5 Å². The van der Waals surface area contributed by atoms with E-state index in [1.165, 1.54) is 0 Å². The van der Waals surface area contributed by atoms with Gasteiger partial charge < -0.3 is 14.8 Å². The molecule has 3 N–H and O–H groups in total. The van der Waals surface area contributed by atoms with Crippen molar-refractivity contribution in [3.63, 3.8) is 0 Å². The topological polar surface area (TPSA) is 91.1 Å². The summed E-state index contributed by atoms with van der Waals surface area (Å²) in [6, 6.07) is 1.80. The van der Waals surface area contributed by atoms with Crippen molar-refractivity contribution in [1.29, 1.82) is 0 Å². The lowest BCUT2D eigenvalue weighted by atomic mass is 9.95. The number of carbonyl (C=O) groups is 1. The summed E-state index contributed by atoms with van der Waals surface area (Å²) in [5.74, 6) is 1.16. The molecule has 1 amide bonds. The van der Waals surface area contributed by atoms with Crippen LogP contribution in [0.1, 0.15) is 58.6 Å². The number of hydrogen-bond donors (Lipinski definition) is 3. The maximum atomic E-state index is 12.4. The second-order valence-corrected chi connectivity index (χ2v) is 6.52. The number of rotatable bonds is 4. The Morgan fingerprint density at radius 2 is 2.17 bits per heavy atom. The average molecular weight is 317 g/mol. The maximum absolute atomic E-state index is 12.4. The van der Waals surface area contributed by atoms with Gasteiger partial charge >= 0.3 is 0 Å². The van der Waals surface area contributed by atoms with Crippen LogP contribution in [0.15, 0.2) is 10.5 Å². The summed E-state index contributed by atoms with van der Waals surface area (Å²) in [6.07, 6.45) is 4.04. The van der Waals surface area contributed by atoms with Crippen molar-refractivity contribution < 1.29 is 14.3 Å². The zero-order valence-electron chi connectivity index (χ0n) is 13.8. The van der Waals surface area contributed by atoms with Crippen LogP contribution in [0.3, 0.4) is 0 Å². The summed E-state index contributed by atoms with van der Waals surface area (Å²) in [5.41, 5.74) is 2.04. The Balaban J connectivity index is 1.71. The number of nitrogens with zero attached hydrogens (tertiary/aromatic N) is 1. The molecule has 0 fully saturated rings. The molecule has 1 atom stereocenters. The molecule has 1 unspecified atom stereocenters. The van der Waals surface area contributed by atoms with Crippen molar-refractivity contribution in [3.05, 3.63) is 40.1 Å². The van der Waals surface area contributed by atoms with E-state index in [4.69, 9.17) is 4.42 Å². The van der Waals surface area contributed by atoms with E-state index in [1.807, 2.05) is 13.8 Å². The van der Waals surface area contributed by atoms with E-state index in [-0.39, 0.29) is 12.5 Å². The first-order chi connectivity index (χ1) is 10.9. The van der Waals surface area contributed by atoms with E-state index < -0.39 is 5.60 Å². The lowest BCUT2D eigenvalue weighted by Crippen LogP contribution is -2.39. The molecule has 0 aromatic carbocycles. The van der Waals surface area contributed by atoms with Crippen LogP contribution >= 0.6 is 0 Å². The minimum absolute atomic E-state index is 0.104. The van der Waals surface area contributed by atoms with Gasteiger partial charge in [0.15, 0.2) is 5.69 Å². The number of aryl methyl sites for hydroxylation is 3. The van der Waals surface area contributed by atoms with Crippen LogP contribution in [0.2, 0.25) is 0 Å². The van der Waals surface area contributed by atoms with Crippen LogP contribution < -0.4 is 5.32 Å². The number of furan rings is 1. The average Bonchev–Trinajstić information content (AvgIpc) is 3.08. The highest BCUT2D eigenvalue weighted by Crippen LogP contribution is 2.27. The fourth-order valence-corrected chi connectivity index (χ4v) is 3.27. The molecule has 0 bridgehead atoms. The van der Waals surface area contributed by atoms with Gasteiger partial charge in [0.1, 0.15) is 17.1 Å². The summed E-state index contributed by atoms with van der Waals surface area (Å²) >= 11 is 0. The molecule has 6 heteroatoms. The number of aromatic nitrogens is 2. The van der Waals surface area contributed by atoms with Gasteiger partial charge in [0.05, 0.1) is 6.54 Å². The second-order valence-electron chi connectivity index (χ2n) is 6.52. The molecule has 0 saturated carbocycles. The van der Waals surface area contributed by atoms with E-state index in [9.17, 15) is 9.90 Å². The van der Waals surface area contributed by atoms with Gasteiger partial charge in [-0.05, 0) is 52.5 Å². The summed E-state index contributed by atoms with van der Waals surface area (Å²) in [7, 11) is 0. The fourth-order valence-electron chi connectivity index (χ4n) is 3.27. The number of fused-ring (bicyclic) bond motifs is 1. The van der Waals surface area contributed by atoms with Crippen molar-refractivity contribution in [2.45, 2.75) is 52.1 Å². The largest absolute Gasteiger partial charge is 0.466 e. The molecular formula is C17H23N3O3. The summed E-state index contributed by atoms with van der Waals surface area (Å²) < 4.78 is 5.46. The van der Waals surface area contributed by atoms with Gasteiger partial charge in [-0.3, -0.25) is 9.89 Å². The zero-order chi connectivity index (χ0) is 16.6. The molecule has 2 aromatic heterocycles. The first-order valence-electron chi connectivity index (χ1n) is 8.02. The molecule has 3 rings (SSSR count). The Hall–Kier alpha value is -2.08. The Kier molecular flexibility index (Phi) is 4.02. The predicted molar refractivity (Wildman–Crippen MR) is 85.3 cm³/mol. The molecule has 23 heavy (non-hydrogen) atoms. The van der Waals surface area contributed by atoms with Gasteiger partial charge in [0, 0.05) is 16.8 Å². The van der Waals surface area contributed by atoms with E-state index in [0.717, 1.165) is 42.7 Å². The third-order valence-corrected chi connectivity index (χ3v) is 4.49. The summed E-state index contributed by atoms with van der Waals surface area (Å²) in [4.78, 5) is 12.4. The standard InChI is InChI=1S/C17H23N3O3/c1-10-8-13(11(2)23-10)17(3,22)9-18-16(21)15-12-6-4-5-7-14(12)19-20-15/h8,22H,4-7,9H2,1-3H3,(H,18,21)(H,19,20). The quantitative estimate of drug-likeness (QED) is 0.805. The SMILES string of the molecule is Cc1cc(C(C)(O)CNC(=O)c2n[nH]c3c2CCCC3)c(C)o1. The Morgan fingerprint density at radius 3 is 2.87 bits per heavy atom. The number of aromatic amines is 1. The first kappa shape index (κ1) is 15.8.